The summed E-state index contributed by atoms with van der Waals surface area (Å²) < 4.78 is 4.64. The van der Waals surface area contributed by atoms with Gasteiger partial charge in [-0.05, 0) is 18.4 Å². The summed E-state index contributed by atoms with van der Waals surface area (Å²) in [5, 5.41) is 12.6. The average Bonchev–Trinajstić information content (AvgIpc) is 2.37. The lowest BCUT2D eigenvalue weighted by Gasteiger charge is -2.43. The highest BCUT2D eigenvalue weighted by atomic mass is 16.5. The van der Waals surface area contributed by atoms with Crippen molar-refractivity contribution in [3.8, 4) is 6.07 Å². The SMILES string of the molecule is N#CC1(c2ccccc2)CC(NCCOC(N)=O)C1. The molecule has 5 heteroatoms. The highest BCUT2D eigenvalue weighted by Gasteiger charge is 2.45. The fourth-order valence-corrected chi connectivity index (χ4v) is 2.49. The van der Waals surface area contributed by atoms with Crippen molar-refractivity contribution in [1.29, 1.82) is 5.26 Å². The number of nitrogens with two attached hydrogens (primary N) is 1. The third-order valence-corrected chi connectivity index (χ3v) is 3.51. The first-order valence-corrected chi connectivity index (χ1v) is 6.29. The second kappa shape index (κ2) is 5.72. The van der Waals surface area contributed by atoms with E-state index in [2.05, 4.69) is 16.1 Å². The van der Waals surface area contributed by atoms with E-state index in [9.17, 15) is 10.1 Å². The largest absolute Gasteiger partial charge is 0.448 e. The number of amides is 1. The molecule has 0 aromatic heterocycles. The quantitative estimate of drug-likeness (QED) is 0.780. The van der Waals surface area contributed by atoms with Crippen LogP contribution in [0.2, 0.25) is 0 Å². The van der Waals surface area contributed by atoms with Gasteiger partial charge in [0.1, 0.15) is 6.61 Å². The number of ether oxygens (including phenoxy) is 1. The van der Waals surface area contributed by atoms with Crippen molar-refractivity contribution in [2.75, 3.05) is 13.2 Å². The van der Waals surface area contributed by atoms with Gasteiger partial charge < -0.3 is 15.8 Å². The summed E-state index contributed by atoms with van der Waals surface area (Å²) >= 11 is 0. The van der Waals surface area contributed by atoms with Crippen LogP contribution in [0.5, 0.6) is 0 Å². The van der Waals surface area contributed by atoms with Crippen LogP contribution in [-0.2, 0) is 10.2 Å². The zero-order chi connectivity index (χ0) is 13.7. The molecule has 2 rings (SSSR count). The molecular formula is C14H17N3O2. The first-order valence-electron chi connectivity index (χ1n) is 6.29. The highest BCUT2D eigenvalue weighted by molar-refractivity contribution is 5.64. The van der Waals surface area contributed by atoms with Crippen LogP contribution in [0, 0.1) is 11.3 Å². The lowest BCUT2D eigenvalue weighted by atomic mass is 9.62. The molecule has 0 radical (unpaired) electrons. The monoisotopic (exact) mass is 259 g/mol. The summed E-state index contributed by atoms with van der Waals surface area (Å²) in [4.78, 5) is 10.4. The Balaban J connectivity index is 1.80. The molecule has 0 heterocycles. The Bertz CT molecular complexity index is 475. The van der Waals surface area contributed by atoms with E-state index in [4.69, 9.17) is 5.73 Å². The van der Waals surface area contributed by atoms with Gasteiger partial charge in [-0.2, -0.15) is 5.26 Å². The molecule has 0 spiro atoms. The molecule has 0 saturated heterocycles. The van der Waals surface area contributed by atoms with Crippen LogP contribution in [0.25, 0.3) is 0 Å². The summed E-state index contributed by atoms with van der Waals surface area (Å²) in [6.45, 7) is 0.820. The number of nitrogens with one attached hydrogen (secondary N) is 1. The van der Waals surface area contributed by atoms with Gasteiger partial charge in [-0.1, -0.05) is 30.3 Å². The van der Waals surface area contributed by atoms with Gasteiger partial charge >= 0.3 is 6.09 Å². The second-order valence-electron chi connectivity index (χ2n) is 4.79. The maximum Gasteiger partial charge on any atom is 0.404 e. The fourth-order valence-electron chi connectivity index (χ4n) is 2.49. The van der Waals surface area contributed by atoms with Gasteiger partial charge in [-0.15, -0.1) is 0 Å². The van der Waals surface area contributed by atoms with Crippen LogP contribution in [0.1, 0.15) is 18.4 Å². The number of nitrogens with zero attached hydrogens (tertiary/aromatic N) is 1. The standard InChI is InChI=1S/C14H17N3O2/c15-10-14(11-4-2-1-3-5-11)8-12(9-14)17-6-7-19-13(16)18/h1-5,12,17H,6-9H2,(H2,16,18). The Morgan fingerprint density at radius 3 is 2.74 bits per heavy atom. The lowest BCUT2D eigenvalue weighted by molar-refractivity contribution is 0.149. The Labute approximate surface area is 112 Å². The van der Waals surface area contributed by atoms with Gasteiger partial charge in [0.25, 0.3) is 0 Å². The maximum absolute atomic E-state index is 10.4. The summed E-state index contributed by atoms with van der Waals surface area (Å²) in [6, 6.07) is 12.6. The highest BCUT2D eigenvalue weighted by Crippen LogP contribution is 2.43. The smallest absolute Gasteiger partial charge is 0.404 e. The van der Waals surface area contributed by atoms with E-state index in [1.165, 1.54) is 0 Å². The van der Waals surface area contributed by atoms with Crippen LogP contribution >= 0.6 is 0 Å². The van der Waals surface area contributed by atoms with Gasteiger partial charge in [-0.25, -0.2) is 4.79 Å². The lowest BCUT2D eigenvalue weighted by Crippen LogP contribution is -2.51. The van der Waals surface area contributed by atoms with Crippen LogP contribution in [0.4, 0.5) is 4.79 Å². The van der Waals surface area contributed by atoms with Crippen molar-refractivity contribution in [1.82, 2.24) is 5.32 Å². The molecule has 1 saturated carbocycles. The molecule has 19 heavy (non-hydrogen) atoms. The molecule has 1 fully saturated rings. The number of rotatable bonds is 5. The molecular weight excluding hydrogens is 242 g/mol. The first kappa shape index (κ1) is 13.4. The number of nitriles is 1. The van der Waals surface area contributed by atoms with E-state index in [0.717, 1.165) is 18.4 Å². The van der Waals surface area contributed by atoms with Gasteiger partial charge in [0.05, 0.1) is 11.5 Å². The van der Waals surface area contributed by atoms with Crippen molar-refractivity contribution in [2.45, 2.75) is 24.3 Å². The van der Waals surface area contributed by atoms with E-state index >= 15 is 0 Å². The number of carbonyl (C=O) groups excluding carboxylic acids is 1. The number of hydrogen-bond acceptors (Lipinski definition) is 4. The summed E-state index contributed by atoms with van der Waals surface area (Å²) in [7, 11) is 0. The predicted molar refractivity (Wildman–Crippen MR) is 70.3 cm³/mol. The summed E-state index contributed by atoms with van der Waals surface area (Å²) in [5.74, 6) is 0. The van der Waals surface area contributed by atoms with Crippen molar-refractivity contribution >= 4 is 6.09 Å². The molecule has 5 nitrogen and oxygen atoms in total. The van der Waals surface area contributed by atoms with E-state index in [-0.39, 0.29) is 18.1 Å². The molecule has 100 valence electrons. The first-order chi connectivity index (χ1) is 9.16. The molecule has 3 N–H and O–H groups in total. The topological polar surface area (TPSA) is 88.1 Å². The molecule has 1 amide bonds. The van der Waals surface area contributed by atoms with Gasteiger partial charge in [0.15, 0.2) is 0 Å². The minimum atomic E-state index is -0.758. The Kier molecular flexibility index (Phi) is 4.03. The zero-order valence-electron chi connectivity index (χ0n) is 10.6. The van der Waals surface area contributed by atoms with E-state index in [0.29, 0.717) is 6.54 Å². The third-order valence-electron chi connectivity index (χ3n) is 3.51. The minimum Gasteiger partial charge on any atom is -0.448 e. The van der Waals surface area contributed by atoms with Crippen LogP contribution < -0.4 is 11.1 Å². The van der Waals surface area contributed by atoms with Crippen LogP contribution in [-0.4, -0.2) is 25.3 Å². The number of primary amides is 1. The molecule has 1 aliphatic carbocycles. The van der Waals surface area contributed by atoms with E-state index < -0.39 is 6.09 Å². The molecule has 0 aliphatic heterocycles. The summed E-state index contributed by atoms with van der Waals surface area (Å²) in [6.07, 6.45) is 0.805. The zero-order valence-corrected chi connectivity index (χ0v) is 10.6. The van der Waals surface area contributed by atoms with Gasteiger partial charge in [-0.3, -0.25) is 0 Å². The van der Waals surface area contributed by atoms with Crippen LogP contribution in [0.15, 0.2) is 30.3 Å². The average molecular weight is 259 g/mol. The Morgan fingerprint density at radius 1 is 1.47 bits per heavy atom. The minimum absolute atomic E-state index is 0.261. The second-order valence-corrected chi connectivity index (χ2v) is 4.79. The van der Waals surface area contributed by atoms with Gasteiger partial charge in [0, 0.05) is 12.6 Å². The van der Waals surface area contributed by atoms with Crippen molar-refractivity contribution in [2.24, 2.45) is 5.73 Å². The van der Waals surface area contributed by atoms with Crippen molar-refractivity contribution in [3.05, 3.63) is 35.9 Å². The maximum atomic E-state index is 10.4. The number of hydrogen-bond donors (Lipinski definition) is 2. The summed E-state index contributed by atoms with van der Waals surface area (Å²) in [5.41, 5.74) is 5.57. The molecule has 1 aromatic carbocycles. The molecule has 1 aromatic rings. The van der Waals surface area contributed by atoms with Crippen molar-refractivity contribution in [3.63, 3.8) is 0 Å². The Morgan fingerprint density at radius 2 is 2.16 bits per heavy atom. The fraction of sp³-hybridized carbons (Fsp3) is 0.429. The Hall–Kier alpha value is -2.06. The molecule has 0 bridgehead atoms. The third kappa shape index (κ3) is 3.04. The number of carbonyl (C=O) groups is 1. The molecule has 0 atom stereocenters. The van der Waals surface area contributed by atoms with E-state index in [1.54, 1.807) is 0 Å². The van der Waals surface area contributed by atoms with Crippen LogP contribution in [0.3, 0.4) is 0 Å². The normalized spacial score (nSPS) is 25.1. The number of benzene rings is 1. The molecule has 0 unspecified atom stereocenters. The van der Waals surface area contributed by atoms with Crippen molar-refractivity contribution < 1.29 is 9.53 Å². The van der Waals surface area contributed by atoms with E-state index in [1.807, 2.05) is 30.3 Å². The molecule has 1 aliphatic rings. The van der Waals surface area contributed by atoms with Gasteiger partial charge in [0.2, 0.25) is 0 Å². The predicted octanol–water partition coefficient (Wildman–Crippen LogP) is 1.30.